The standard InChI is InChI=1S/C11H10FNO2/c12-9-3-4-10(13-6-9)7-1-2-8(5-7)11(14)15/h1,3-4,6,8H,2,5H2,(H,14,15). The summed E-state index contributed by atoms with van der Waals surface area (Å²) in [5.74, 6) is -1.53. The first-order chi connectivity index (χ1) is 7.16. The van der Waals surface area contributed by atoms with Crippen molar-refractivity contribution in [3.63, 3.8) is 0 Å². The second-order valence-electron chi connectivity index (χ2n) is 3.57. The lowest BCUT2D eigenvalue weighted by Gasteiger charge is -2.03. The van der Waals surface area contributed by atoms with Gasteiger partial charge in [0, 0.05) is 0 Å². The first-order valence-corrected chi connectivity index (χ1v) is 4.70. The van der Waals surface area contributed by atoms with Gasteiger partial charge >= 0.3 is 5.97 Å². The molecule has 0 aromatic carbocycles. The molecule has 1 aliphatic rings. The molecule has 3 nitrogen and oxygen atoms in total. The number of aromatic nitrogens is 1. The van der Waals surface area contributed by atoms with Gasteiger partial charge < -0.3 is 5.11 Å². The second-order valence-corrected chi connectivity index (χ2v) is 3.57. The monoisotopic (exact) mass is 207 g/mol. The lowest BCUT2D eigenvalue weighted by Crippen LogP contribution is -2.09. The molecule has 78 valence electrons. The quantitative estimate of drug-likeness (QED) is 0.807. The van der Waals surface area contributed by atoms with Crippen LogP contribution in [0.1, 0.15) is 18.5 Å². The molecular weight excluding hydrogens is 197 g/mol. The van der Waals surface area contributed by atoms with Gasteiger partial charge in [0.05, 0.1) is 17.8 Å². The molecule has 1 atom stereocenters. The minimum Gasteiger partial charge on any atom is -0.481 e. The maximum absolute atomic E-state index is 12.6. The molecule has 15 heavy (non-hydrogen) atoms. The van der Waals surface area contributed by atoms with Crippen LogP contribution in [0.15, 0.2) is 24.4 Å². The number of pyridine rings is 1. The second kappa shape index (κ2) is 3.81. The van der Waals surface area contributed by atoms with Crippen LogP contribution in [-0.2, 0) is 4.79 Å². The third-order valence-corrected chi connectivity index (χ3v) is 2.52. The number of halogens is 1. The molecule has 1 aromatic heterocycles. The van der Waals surface area contributed by atoms with Gasteiger partial charge in [-0.05, 0) is 30.5 Å². The molecule has 0 amide bonds. The van der Waals surface area contributed by atoms with Crippen LogP contribution in [0.5, 0.6) is 0 Å². The highest BCUT2D eigenvalue weighted by atomic mass is 19.1. The van der Waals surface area contributed by atoms with Gasteiger partial charge in [0.2, 0.25) is 0 Å². The van der Waals surface area contributed by atoms with Crippen LogP contribution in [0.25, 0.3) is 5.57 Å². The first-order valence-electron chi connectivity index (χ1n) is 4.70. The average Bonchev–Trinajstić information content (AvgIpc) is 2.68. The third kappa shape index (κ3) is 2.03. The van der Waals surface area contributed by atoms with Crippen LogP contribution < -0.4 is 0 Å². The largest absolute Gasteiger partial charge is 0.481 e. The highest BCUT2D eigenvalue weighted by molar-refractivity contribution is 5.77. The topological polar surface area (TPSA) is 50.2 Å². The molecule has 1 heterocycles. The number of aliphatic carboxylic acids is 1. The predicted octanol–water partition coefficient (Wildman–Crippen LogP) is 2.10. The molecule has 0 saturated heterocycles. The number of hydrogen-bond donors (Lipinski definition) is 1. The van der Waals surface area contributed by atoms with E-state index in [9.17, 15) is 9.18 Å². The van der Waals surface area contributed by atoms with Crippen molar-refractivity contribution < 1.29 is 14.3 Å². The molecule has 1 aromatic rings. The van der Waals surface area contributed by atoms with Crippen molar-refractivity contribution in [2.24, 2.45) is 5.92 Å². The fourth-order valence-corrected chi connectivity index (χ4v) is 1.68. The average molecular weight is 207 g/mol. The normalized spacial score (nSPS) is 20.1. The van der Waals surface area contributed by atoms with Gasteiger partial charge in [-0.15, -0.1) is 0 Å². The Morgan fingerprint density at radius 2 is 2.33 bits per heavy atom. The number of rotatable bonds is 2. The SMILES string of the molecule is O=C(O)C1CC=C(c2ccc(F)cn2)C1. The molecule has 0 saturated carbocycles. The summed E-state index contributed by atoms with van der Waals surface area (Å²) in [5, 5.41) is 8.81. The van der Waals surface area contributed by atoms with Crippen molar-refractivity contribution in [2.45, 2.75) is 12.8 Å². The Balaban J connectivity index is 2.14. The van der Waals surface area contributed by atoms with Crippen LogP contribution in [0, 0.1) is 11.7 Å². The zero-order valence-electron chi connectivity index (χ0n) is 7.98. The zero-order chi connectivity index (χ0) is 10.8. The molecule has 1 aliphatic carbocycles. The summed E-state index contributed by atoms with van der Waals surface area (Å²) in [6.45, 7) is 0. The maximum atomic E-state index is 12.6. The molecule has 1 unspecified atom stereocenters. The van der Waals surface area contributed by atoms with Crippen molar-refractivity contribution in [3.05, 3.63) is 35.9 Å². The number of carboxylic acids is 1. The molecule has 1 N–H and O–H groups in total. The Labute approximate surface area is 86.3 Å². The van der Waals surface area contributed by atoms with Crippen LogP contribution in [0.3, 0.4) is 0 Å². The van der Waals surface area contributed by atoms with Crippen molar-refractivity contribution in [1.29, 1.82) is 0 Å². The Bertz CT molecular complexity index is 411. The van der Waals surface area contributed by atoms with E-state index in [4.69, 9.17) is 5.11 Å². The van der Waals surface area contributed by atoms with E-state index in [0.717, 1.165) is 11.8 Å². The van der Waals surface area contributed by atoms with Crippen molar-refractivity contribution in [3.8, 4) is 0 Å². The number of nitrogens with zero attached hydrogens (tertiary/aromatic N) is 1. The zero-order valence-corrected chi connectivity index (χ0v) is 7.98. The van der Waals surface area contributed by atoms with Gasteiger partial charge in [-0.2, -0.15) is 0 Å². The highest BCUT2D eigenvalue weighted by Gasteiger charge is 2.24. The molecular formula is C11H10FNO2. The van der Waals surface area contributed by atoms with Gasteiger partial charge in [0.25, 0.3) is 0 Å². The molecule has 0 aliphatic heterocycles. The van der Waals surface area contributed by atoms with E-state index in [1.54, 1.807) is 6.07 Å². The lowest BCUT2D eigenvalue weighted by molar-refractivity contribution is -0.141. The van der Waals surface area contributed by atoms with E-state index < -0.39 is 5.97 Å². The fraction of sp³-hybridized carbons (Fsp3) is 0.273. The van der Waals surface area contributed by atoms with Crippen LogP contribution in [0.4, 0.5) is 4.39 Å². The highest BCUT2D eigenvalue weighted by Crippen LogP contribution is 2.31. The summed E-state index contributed by atoms with van der Waals surface area (Å²) in [6, 6.07) is 2.91. The minimum absolute atomic E-state index is 0.355. The lowest BCUT2D eigenvalue weighted by atomic mass is 10.0. The van der Waals surface area contributed by atoms with E-state index in [1.807, 2.05) is 6.08 Å². The summed E-state index contributed by atoms with van der Waals surface area (Å²) in [5.41, 5.74) is 1.56. The van der Waals surface area contributed by atoms with E-state index in [1.165, 1.54) is 6.07 Å². The van der Waals surface area contributed by atoms with Crippen molar-refractivity contribution >= 4 is 11.5 Å². The summed E-state index contributed by atoms with van der Waals surface area (Å²) in [4.78, 5) is 14.6. The summed E-state index contributed by atoms with van der Waals surface area (Å²) in [6.07, 6.45) is 4.01. The summed E-state index contributed by atoms with van der Waals surface area (Å²) >= 11 is 0. The molecule has 0 radical (unpaired) electrons. The number of carboxylic acid groups (broad SMARTS) is 1. The van der Waals surface area contributed by atoms with Crippen LogP contribution in [-0.4, -0.2) is 16.1 Å². The van der Waals surface area contributed by atoms with E-state index in [2.05, 4.69) is 4.98 Å². The van der Waals surface area contributed by atoms with Crippen LogP contribution >= 0.6 is 0 Å². The summed E-state index contributed by atoms with van der Waals surface area (Å²) in [7, 11) is 0. The van der Waals surface area contributed by atoms with Gasteiger partial charge in [-0.25, -0.2) is 4.39 Å². The smallest absolute Gasteiger partial charge is 0.307 e. The number of hydrogen-bond acceptors (Lipinski definition) is 2. The molecule has 4 heteroatoms. The predicted molar refractivity (Wildman–Crippen MR) is 52.5 cm³/mol. The van der Waals surface area contributed by atoms with E-state index >= 15 is 0 Å². The fourth-order valence-electron chi connectivity index (χ4n) is 1.68. The van der Waals surface area contributed by atoms with Gasteiger partial charge in [0.1, 0.15) is 5.82 Å². The Kier molecular flexibility index (Phi) is 2.49. The third-order valence-electron chi connectivity index (χ3n) is 2.52. The number of allylic oxidation sites excluding steroid dienone is 2. The molecule has 0 spiro atoms. The molecule has 0 bridgehead atoms. The first kappa shape index (κ1) is 9.83. The van der Waals surface area contributed by atoms with Gasteiger partial charge in [-0.1, -0.05) is 6.08 Å². The summed E-state index contributed by atoms with van der Waals surface area (Å²) < 4.78 is 12.6. The van der Waals surface area contributed by atoms with Crippen molar-refractivity contribution in [2.75, 3.05) is 0 Å². The van der Waals surface area contributed by atoms with Crippen LogP contribution in [0.2, 0.25) is 0 Å². The van der Waals surface area contributed by atoms with Crippen molar-refractivity contribution in [1.82, 2.24) is 4.98 Å². The number of carbonyl (C=O) groups is 1. The molecule has 2 rings (SSSR count). The Morgan fingerprint density at radius 3 is 2.87 bits per heavy atom. The minimum atomic E-state index is -0.789. The van der Waals surface area contributed by atoms with E-state index in [0.29, 0.717) is 18.5 Å². The Morgan fingerprint density at radius 1 is 1.53 bits per heavy atom. The Hall–Kier alpha value is -1.71. The van der Waals surface area contributed by atoms with E-state index in [-0.39, 0.29) is 11.7 Å². The molecule has 0 fully saturated rings. The van der Waals surface area contributed by atoms with Gasteiger partial charge in [-0.3, -0.25) is 9.78 Å². The maximum Gasteiger partial charge on any atom is 0.307 e. The van der Waals surface area contributed by atoms with Gasteiger partial charge in [0.15, 0.2) is 0 Å².